The second kappa shape index (κ2) is 8.37. The fourth-order valence-electron chi connectivity index (χ4n) is 2.11. The van der Waals surface area contributed by atoms with Gasteiger partial charge >= 0.3 is 5.97 Å². The molecule has 0 saturated carbocycles. The lowest BCUT2D eigenvalue weighted by Gasteiger charge is -2.23. The van der Waals surface area contributed by atoms with Gasteiger partial charge in [0.2, 0.25) is 5.91 Å². The number of carboxylic acids is 1. The zero-order chi connectivity index (χ0) is 18.4. The third-order valence-corrected chi connectivity index (χ3v) is 3.30. The van der Waals surface area contributed by atoms with Crippen LogP contribution in [0.2, 0.25) is 0 Å². The lowest BCUT2D eigenvalue weighted by atomic mass is 10.0. The van der Waals surface area contributed by atoms with Crippen LogP contribution in [0.3, 0.4) is 0 Å². The van der Waals surface area contributed by atoms with Crippen LogP contribution in [0.1, 0.15) is 37.6 Å². The molecule has 0 aromatic heterocycles. The van der Waals surface area contributed by atoms with Crippen LogP contribution in [0.25, 0.3) is 0 Å². The maximum Gasteiger partial charge on any atom is 0.305 e. The molecule has 2 unspecified atom stereocenters. The number of hydrogen-bond acceptors (Lipinski definition) is 3. The molecule has 0 saturated heterocycles. The Balaban J connectivity index is 2.88. The van der Waals surface area contributed by atoms with Gasteiger partial charge in [0, 0.05) is 6.04 Å². The van der Waals surface area contributed by atoms with E-state index in [1.54, 1.807) is 13.8 Å². The Bertz CT molecular complexity index is 614. The Hall–Kier alpha value is -2.51. The van der Waals surface area contributed by atoms with E-state index in [9.17, 15) is 23.2 Å². The van der Waals surface area contributed by atoms with Crippen molar-refractivity contribution >= 4 is 17.8 Å². The van der Waals surface area contributed by atoms with Crippen molar-refractivity contribution in [2.45, 2.75) is 39.3 Å². The molecule has 0 aliphatic carbocycles. The molecule has 3 N–H and O–H groups in total. The maximum atomic E-state index is 13.6. The standard InChI is InChI=1S/C16H20F2N2O4/c1-8(2)14(16(24)19-9(3)7-12(21)22)20-15(23)13-10(17)5-4-6-11(13)18/h4-6,8-9,14H,7H2,1-3H3,(H,19,24)(H,20,23)(H,21,22). The minimum atomic E-state index is -1.08. The van der Waals surface area contributed by atoms with Gasteiger partial charge in [-0.2, -0.15) is 0 Å². The number of aliphatic carboxylic acids is 1. The van der Waals surface area contributed by atoms with Crippen LogP contribution in [-0.2, 0) is 9.59 Å². The molecule has 1 aromatic rings. The van der Waals surface area contributed by atoms with Crippen molar-refractivity contribution in [2.24, 2.45) is 5.92 Å². The predicted molar refractivity (Wildman–Crippen MR) is 82.3 cm³/mol. The molecule has 0 aliphatic rings. The first-order valence-corrected chi connectivity index (χ1v) is 7.40. The molecule has 8 heteroatoms. The van der Waals surface area contributed by atoms with Crippen LogP contribution in [0.5, 0.6) is 0 Å². The number of nitrogens with one attached hydrogen (secondary N) is 2. The number of carboxylic acid groups (broad SMARTS) is 1. The summed E-state index contributed by atoms with van der Waals surface area (Å²) >= 11 is 0. The van der Waals surface area contributed by atoms with E-state index in [1.807, 2.05) is 0 Å². The Kier molecular flexibility index (Phi) is 6.82. The first-order valence-electron chi connectivity index (χ1n) is 7.40. The fourth-order valence-corrected chi connectivity index (χ4v) is 2.11. The third-order valence-electron chi connectivity index (χ3n) is 3.30. The van der Waals surface area contributed by atoms with E-state index in [4.69, 9.17) is 5.11 Å². The highest BCUT2D eigenvalue weighted by atomic mass is 19.1. The molecule has 0 aliphatic heterocycles. The number of benzene rings is 1. The molecule has 0 spiro atoms. The maximum absolute atomic E-state index is 13.6. The first-order chi connectivity index (χ1) is 11.1. The van der Waals surface area contributed by atoms with E-state index in [2.05, 4.69) is 10.6 Å². The van der Waals surface area contributed by atoms with E-state index in [1.165, 1.54) is 6.92 Å². The van der Waals surface area contributed by atoms with Gasteiger partial charge in [-0.25, -0.2) is 8.78 Å². The average Bonchev–Trinajstić information content (AvgIpc) is 2.42. The van der Waals surface area contributed by atoms with Gasteiger partial charge in [0.1, 0.15) is 23.2 Å². The minimum absolute atomic E-state index is 0.285. The summed E-state index contributed by atoms with van der Waals surface area (Å²) in [4.78, 5) is 34.9. The third kappa shape index (κ3) is 5.29. The van der Waals surface area contributed by atoms with Gasteiger partial charge in [0.15, 0.2) is 0 Å². The van der Waals surface area contributed by atoms with Crippen LogP contribution in [0.15, 0.2) is 18.2 Å². The lowest BCUT2D eigenvalue weighted by Crippen LogP contribution is -2.52. The van der Waals surface area contributed by atoms with Crippen LogP contribution < -0.4 is 10.6 Å². The molecule has 0 radical (unpaired) electrons. The Labute approximate surface area is 138 Å². The second-order valence-corrected chi connectivity index (χ2v) is 5.80. The van der Waals surface area contributed by atoms with Gasteiger partial charge in [0.25, 0.3) is 5.91 Å². The molecular weight excluding hydrogens is 322 g/mol. The molecule has 2 amide bonds. The fraction of sp³-hybridized carbons (Fsp3) is 0.438. The van der Waals surface area contributed by atoms with Gasteiger partial charge < -0.3 is 15.7 Å². The molecule has 1 rings (SSSR count). The molecule has 132 valence electrons. The molecular formula is C16H20F2N2O4. The zero-order valence-electron chi connectivity index (χ0n) is 13.6. The van der Waals surface area contributed by atoms with Crippen LogP contribution >= 0.6 is 0 Å². The normalized spacial score (nSPS) is 13.2. The van der Waals surface area contributed by atoms with Crippen molar-refractivity contribution in [3.05, 3.63) is 35.4 Å². The van der Waals surface area contributed by atoms with Gasteiger partial charge in [0.05, 0.1) is 6.42 Å². The Morgan fingerprint density at radius 3 is 2.08 bits per heavy atom. The number of carbonyl (C=O) groups is 3. The van der Waals surface area contributed by atoms with E-state index in [0.717, 1.165) is 18.2 Å². The van der Waals surface area contributed by atoms with Crippen molar-refractivity contribution < 1.29 is 28.3 Å². The summed E-state index contributed by atoms with van der Waals surface area (Å²) in [5.41, 5.74) is -0.769. The summed E-state index contributed by atoms with van der Waals surface area (Å²) < 4.78 is 27.3. The van der Waals surface area contributed by atoms with E-state index in [0.29, 0.717) is 0 Å². The smallest absolute Gasteiger partial charge is 0.305 e. The van der Waals surface area contributed by atoms with Crippen molar-refractivity contribution in [3.8, 4) is 0 Å². The average molecular weight is 342 g/mol. The van der Waals surface area contributed by atoms with Crippen molar-refractivity contribution in [1.29, 1.82) is 0 Å². The summed E-state index contributed by atoms with van der Waals surface area (Å²) in [6.45, 7) is 4.79. The quantitative estimate of drug-likeness (QED) is 0.703. The number of carbonyl (C=O) groups excluding carboxylic acids is 2. The number of rotatable bonds is 7. The number of hydrogen-bond donors (Lipinski definition) is 3. The van der Waals surface area contributed by atoms with Crippen molar-refractivity contribution in [3.63, 3.8) is 0 Å². The number of halogens is 2. The molecule has 1 aromatic carbocycles. The zero-order valence-corrected chi connectivity index (χ0v) is 13.6. The minimum Gasteiger partial charge on any atom is -0.481 e. The molecule has 0 fully saturated rings. The SMILES string of the molecule is CC(CC(=O)O)NC(=O)C(NC(=O)c1c(F)cccc1F)C(C)C. The van der Waals surface area contributed by atoms with Gasteiger partial charge in [-0.1, -0.05) is 19.9 Å². The highest BCUT2D eigenvalue weighted by molar-refractivity contribution is 5.98. The molecule has 0 bridgehead atoms. The van der Waals surface area contributed by atoms with E-state index < -0.39 is 47.1 Å². The van der Waals surface area contributed by atoms with Crippen LogP contribution in [0, 0.1) is 17.6 Å². The van der Waals surface area contributed by atoms with E-state index >= 15 is 0 Å². The first kappa shape index (κ1) is 19.5. The van der Waals surface area contributed by atoms with Crippen molar-refractivity contribution in [2.75, 3.05) is 0 Å². The van der Waals surface area contributed by atoms with E-state index in [-0.39, 0.29) is 12.3 Å². The predicted octanol–water partition coefficient (Wildman–Crippen LogP) is 1.70. The summed E-state index contributed by atoms with van der Waals surface area (Å²) in [5.74, 6) is -5.19. The summed E-state index contributed by atoms with van der Waals surface area (Å²) in [6.07, 6.45) is -0.285. The van der Waals surface area contributed by atoms with Gasteiger partial charge in [-0.15, -0.1) is 0 Å². The van der Waals surface area contributed by atoms with Crippen LogP contribution in [0.4, 0.5) is 8.78 Å². The largest absolute Gasteiger partial charge is 0.481 e. The topological polar surface area (TPSA) is 95.5 Å². The lowest BCUT2D eigenvalue weighted by molar-refractivity contribution is -0.137. The van der Waals surface area contributed by atoms with Gasteiger partial charge in [-0.3, -0.25) is 14.4 Å². The van der Waals surface area contributed by atoms with Crippen LogP contribution in [-0.4, -0.2) is 35.0 Å². The Morgan fingerprint density at radius 1 is 1.08 bits per heavy atom. The van der Waals surface area contributed by atoms with Gasteiger partial charge in [-0.05, 0) is 25.0 Å². The Morgan fingerprint density at radius 2 is 1.62 bits per heavy atom. The summed E-state index contributed by atoms with van der Waals surface area (Å²) in [7, 11) is 0. The van der Waals surface area contributed by atoms with Crippen molar-refractivity contribution in [1.82, 2.24) is 10.6 Å². The summed E-state index contributed by atoms with van der Waals surface area (Å²) in [6, 6.07) is 1.29. The highest BCUT2D eigenvalue weighted by Gasteiger charge is 2.28. The summed E-state index contributed by atoms with van der Waals surface area (Å²) in [5, 5.41) is 13.4. The number of amides is 2. The second-order valence-electron chi connectivity index (χ2n) is 5.80. The highest BCUT2D eigenvalue weighted by Crippen LogP contribution is 2.13. The monoisotopic (exact) mass is 342 g/mol. The molecule has 6 nitrogen and oxygen atoms in total. The molecule has 2 atom stereocenters. The molecule has 0 heterocycles. The molecule has 24 heavy (non-hydrogen) atoms.